The molecule has 1 aliphatic rings. The summed E-state index contributed by atoms with van der Waals surface area (Å²) >= 11 is 2.02. The molecule has 1 N–H and O–H groups in total. The van der Waals surface area contributed by atoms with Gasteiger partial charge in [-0.1, -0.05) is 6.92 Å². The Hall–Kier alpha value is -0.810. The molecular formula is C12H20N4S. The lowest BCUT2D eigenvalue weighted by molar-refractivity contribution is 0.671. The molecule has 0 aromatic carbocycles. The van der Waals surface area contributed by atoms with Crippen molar-refractivity contribution < 1.29 is 0 Å². The van der Waals surface area contributed by atoms with Crippen LogP contribution in [-0.4, -0.2) is 41.3 Å². The van der Waals surface area contributed by atoms with Gasteiger partial charge < -0.3 is 10.2 Å². The third kappa shape index (κ3) is 3.33. The van der Waals surface area contributed by atoms with Crippen molar-refractivity contribution in [1.82, 2.24) is 15.5 Å². The Labute approximate surface area is 107 Å². The van der Waals surface area contributed by atoms with E-state index in [1.807, 2.05) is 11.8 Å². The van der Waals surface area contributed by atoms with Gasteiger partial charge in [0.25, 0.3) is 0 Å². The summed E-state index contributed by atoms with van der Waals surface area (Å²) in [6.45, 7) is 3.85. The number of hydrogen-bond donors (Lipinski definition) is 1. The molecule has 1 aromatic heterocycles. The van der Waals surface area contributed by atoms with Crippen molar-refractivity contribution in [2.75, 3.05) is 30.0 Å². The van der Waals surface area contributed by atoms with Gasteiger partial charge in [-0.25, -0.2) is 0 Å². The number of nitrogens with zero attached hydrogens (tertiary/aromatic N) is 3. The van der Waals surface area contributed by atoms with E-state index >= 15 is 0 Å². The van der Waals surface area contributed by atoms with Gasteiger partial charge in [0.05, 0.1) is 5.69 Å². The Morgan fingerprint density at radius 1 is 1.47 bits per heavy atom. The third-order valence-corrected chi connectivity index (χ3v) is 4.22. The van der Waals surface area contributed by atoms with Crippen LogP contribution in [0.25, 0.3) is 0 Å². The zero-order valence-electron chi connectivity index (χ0n) is 10.5. The normalized spacial score (nSPS) is 19.5. The molecule has 17 heavy (non-hydrogen) atoms. The number of anilines is 1. The predicted octanol–water partition coefficient (Wildman–Crippen LogP) is 1.53. The monoisotopic (exact) mass is 252 g/mol. The fraction of sp³-hybridized carbons (Fsp3) is 0.667. The van der Waals surface area contributed by atoms with Gasteiger partial charge in [-0.3, -0.25) is 0 Å². The highest BCUT2D eigenvalue weighted by molar-refractivity contribution is 7.99. The minimum Gasteiger partial charge on any atom is -0.354 e. The molecular weight excluding hydrogens is 232 g/mol. The van der Waals surface area contributed by atoms with Crippen molar-refractivity contribution in [3.05, 3.63) is 17.8 Å². The Balaban J connectivity index is 1.96. The van der Waals surface area contributed by atoms with Crippen LogP contribution in [0.5, 0.6) is 0 Å². The third-order valence-electron chi connectivity index (χ3n) is 3.08. The van der Waals surface area contributed by atoms with Crippen LogP contribution in [0.4, 0.5) is 5.82 Å². The van der Waals surface area contributed by atoms with Crippen LogP contribution in [0.1, 0.15) is 19.0 Å². The van der Waals surface area contributed by atoms with Crippen molar-refractivity contribution in [2.45, 2.75) is 25.9 Å². The van der Waals surface area contributed by atoms with Gasteiger partial charge in [-0.2, -0.15) is 16.9 Å². The second kappa shape index (κ2) is 6.21. The number of aromatic nitrogens is 2. The van der Waals surface area contributed by atoms with Crippen molar-refractivity contribution >= 4 is 17.6 Å². The van der Waals surface area contributed by atoms with Crippen LogP contribution in [0.15, 0.2) is 12.1 Å². The van der Waals surface area contributed by atoms with Crippen molar-refractivity contribution in [3.8, 4) is 0 Å². The molecule has 0 aliphatic carbocycles. The molecule has 5 heteroatoms. The van der Waals surface area contributed by atoms with E-state index in [4.69, 9.17) is 0 Å². The van der Waals surface area contributed by atoms with Crippen molar-refractivity contribution in [2.24, 2.45) is 0 Å². The molecule has 0 spiro atoms. The lowest BCUT2D eigenvalue weighted by Crippen LogP contribution is -2.32. The SMILES string of the molecule is CCNCc1ccc(N(C)C2CCSC2)nn1. The second-order valence-electron chi connectivity index (χ2n) is 4.29. The molecule has 2 heterocycles. The zero-order chi connectivity index (χ0) is 12.1. The summed E-state index contributed by atoms with van der Waals surface area (Å²) in [4.78, 5) is 2.25. The van der Waals surface area contributed by atoms with Crippen LogP contribution in [-0.2, 0) is 6.54 Å². The highest BCUT2D eigenvalue weighted by Crippen LogP contribution is 2.24. The first-order valence-electron chi connectivity index (χ1n) is 6.15. The van der Waals surface area contributed by atoms with E-state index in [9.17, 15) is 0 Å². The highest BCUT2D eigenvalue weighted by atomic mass is 32.2. The molecule has 1 aromatic rings. The van der Waals surface area contributed by atoms with E-state index < -0.39 is 0 Å². The Morgan fingerprint density at radius 2 is 2.35 bits per heavy atom. The minimum atomic E-state index is 0.619. The van der Waals surface area contributed by atoms with Gasteiger partial charge in [0.15, 0.2) is 5.82 Å². The van der Waals surface area contributed by atoms with E-state index in [1.165, 1.54) is 17.9 Å². The summed E-state index contributed by atoms with van der Waals surface area (Å²) in [5.74, 6) is 3.45. The number of thioether (sulfide) groups is 1. The first-order chi connectivity index (χ1) is 8.31. The zero-order valence-corrected chi connectivity index (χ0v) is 11.3. The second-order valence-corrected chi connectivity index (χ2v) is 5.44. The summed E-state index contributed by atoms with van der Waals surface area (Å²) in [6, 6.07) is 4.75. The molecule has 0 radical (unpaired) electrons. The fourth-order valence-corrected chi connectivity index (χ4v) is 3.17. The van der Waals surface area contributed by atoms with Crippen LogP contribution in [0, 0.1) is 0 Å². The van der Waals surface area contributed by atoms with Gasteiger partial charge in [-0.05, 0) is 30.9 Å². The van der Waals surface area contributed by atoms with Crippen LogP contribution in [0.3, 0.4) is 0 Å². The average molecular weight is 252 g/mol. The van der Waals surface area contributed by atoms with Crippen molar-refractivity contribution in [1.29, 1.82) is 0 Å². The van der Waals surface area contributed by atoms with E-state index in [0.29, 0.717) is 6.04 Å². The number of nitrogens with one attached hydrogen (secondary N) is 1. The van der Waals surface area contributed by atoms with Crippen molar-refractivity contribution in [3.63, 3.8) is 0 Å². The summed E-state index contributed by atoms with van der Waals surface area (Å²) in [6.07, 6.45) is 1.25. The lowest BCUT2D eigenvalue weighted by Gasteiger charge is -2.24. The van der Waals surface area contributed by atoms with Gasteiger partial charge >= 0.3 is 0 Å². The Morgan fingerprint density at radius 3 is 2.94 bits per heavy atom. The molecule has 1 aliphatic heterocycles. The van der Waals surface area contributed by atoms with Gasteiger partial charge in [0, 0.05) is 25.4 Å². The van der Waals surface area contributed by atoms with Gasteiger partial charge in [-0.15, -0.1) is 5.10 Å². The molecule has 0 amide bonds. The van der Waals surface area contributed by atoms with Crippen LogP contribution < -0.4 is 10.2 Å². The van der Waals surface area contributed by atoms with Gasteiger partial charge in [0.2, 0.25) is 0 Å². The molecule has 94 valence electrons. The van der Waals surface area contributed by atoms with E-state index in [1.54, 1.807) is 0 Å². The van der Waals surface area contributed by atoms with E-state index in [0.717, 1.165) is 24.6 Å². The quantitative estimate of drug-likeness (QED) is 0.860. The number of hydrogen-bond acceptors (Lipinski definition) is 5. The maximum atomic E-state index is 4.30. The molecule has 2 rings (SSSR count). The fourth-order valence-electron chi connectivity index (χ4n) is 1.90. The van der Waals surface area contributed by atoms with Crippen LogP contribution >= 0.6 is 11.8 Å². The topological polar surface area (TPSA) is 41.0 Å². The summed E-state index contributed by atoms with van der Waals surface area (Å²) < 4.78 is 0. The number of rotatable bonds is 5. The summed E-state index contributed by atoms with van der Waals surface area (Å²) in [5, 5.41) is 11.8. The molecule has 0 bridgehead atoms. The Kier molecular flexibility index (Phi) is 4.62. The molecule has 1 atom stereocenters. The molecule has 0 saturated carbocycles. The maximum Gasteiger partial charge on any atom is 0.151 e. The maximum absolute atomic E-state index is 4.30. The lowest BCUT2D eigenvalue weighted by atomic mass is 10.2. The van der Waals surface area contributed by atoms with E-state index in [2.05, 4.69) is 46.5 Å². The smallest absolute Gasteiger partial charge is 0.151 e. The largest absolute Gasteiger partial charge is 0.354 e. The van der Waals surface area contributed by atoms with E-state index in [-0.39, 0.29) is 0 Å². The summed E-state index contributed by atoms with van der Waals surface area (Å²) in [5.41, 5.74) is 1.00. The standard InChI is InChI=1S/C12H20N4S/c1-3-13-8-10-4-5-12(15-14-10)16(2)11-6-7-17-9-11/h4-5,11,13H,3,6-9H2,1-2H3. The molecule has 1 fully saturated rings. The molecule has 1 unspecified atom stereocenters. The first kappa shape index (κ1) is 12.6. The molecule has 4 nitrogen and oxygen atoms in total. The highest BCUT2D eigenvalue weighted by Gasteiger charge is 2.21. The summed E-state index contributed by atoms with van der Waals surface area (Å²) in [7, 11) is 2.12. The predicted molar refractivity (Wildman–Crippen MR) is 73.5 cm³/mol. The molecule has 1 saturated heterocycles. The van der Waals surface area contributed by atoms with Gasteiger partial charge in [0.1, 0.15) is 0 Å². The first-order valence-corrected chi connectivity index (χ1v) is 7.30. The minimum absolute atomic E-state index is 0.619. The average Bonchev–Trinajstić information content (AvgIpc) is 2.90. The van der Waals surface area contributed by atoms with Crippen LogP contribution in [0.2, 0.25) is 0 Å². The Bertz CT molecular complexity index is 335.